The Bertz CT molecular complexity index is 805. The topological polar surface area (TPSA) is 33.5 Å². The molecule has 0 aliphatic rings. The maximum Gasteiger partial charge on any atom is 0.290 e. The van der Waals surface area contributed by atoms with Gasteiger partial charge in [-0.25, -0.2) is 0 Å². The molecule has 1 aromatic heterocycles. The molecule has 0 fully saturated rings. The fourth-order valence-electron chi connectivity index (χ4n) is 2.85. The van der Waals surface area contributed by atoms with E-state index >= 15 is 0 Å². The molecule has 0 bridgehead atoms. The van der Waals surface area contributed by atoms with Gasteiger partial charge < -0.3 is 9.32 Å². The normalized spacial score (nSPS) is 10.9. The Morgan fingerprint density at radius 1 is 1.04 bits per heavy atom. The monoisotopic (exact) mass is 307 g/mol. The molecule has 3 rings (SSSR count). The minimum atomic E-state index is -0.0376. The molecule has 0 spiro atoms. The number of carbonyl (C=O) groups is 1. The highest BCUT2D eigenvalue weighted by Gasteiger charge is 2.22. The average Bonchev–Trinajstić information content (AvgIpc) is 2.92. The maximum absolute atomic E-state index is 13.0. The third-order valence-corrected chi connectivity index (χ3v) is 4.03. The van der Waals surface area contributed by atoms with E-state index in [1.54, 1.807) is 0 Å². The fraction of sp³-hybridized carbons (Fsp3) is 0.250. The number of benzene rings is 2. The van der Waals surface area contributed by atoms with Gasteiger partial charge in [0.15, 0.2) is 5.76 Å². The van der Waals surface area contributed by atoms with Crippen LogP contribution in [0.15, 0.2) is 59.0 Å². The first kappa shape index (κ1) is 15.3. The summed E-state index contributed by atoms with van der Waals surface area (Å²) in [6, 6.07) is 17.8. The van der Waals surface area contributed by atoms with Crippen molar-refractivity contribution in [2.24, 2.45) is 0 Å². The summed E-state index contributed by atoms with van der Waals surface area (Å²) in [6.45, 7) is 5.34. The van der Waals surface area contributed by atoms with Crippen LogP contribution in [-0.4, -0.2) is 17.4 Å². The molecule has 3 aromatic rings. The van der Waals surface area contributed by atoms with Gasteiger partial charge in [0.2, 0.25) is 0 Å². The largest absolute Gasteiger partial charge is 0.451 e. The van der Waals surface area contributed by atoms with Crippen LogP contribution >= 0.6 is 0 Å². The van der Waals surface area contributed by atoms with Gasteiger partial charge in [-0.2, -0.15) is 0 Å². The summed E-state index contributed by atoms with van der Waals surface area (Å²) in [5.74, 6) is 0.417. The second-order valence-corrected chi connectivity index (χ2v) is 5.76. The minimum Gasteiger partial charge on any atom is -0.451 e. The van der Waals surface area contributed by atoms with E-state index in [1.807, 2.05) is 66.4 Å². The lowest BCUT2D eigenvalue weighted by Crippen LogP contribution is -2.31. The van der Waals surface area contributed by atoms with Gasteiger partial charge >= 0.3 is 0 Å². The molecule has 3 heteroatoms. The molecule has 1 amide bonds. The van der Waals surface area contributed by atoms with Crippen LogP contribution in [0.1, 0.15) is 35.0 Å². The Morgan fingerprint density at radius 2 is 1.74 bits per heavy atom. The Kier molecular flexibility index (Phi) is 4.47. The third-order valence-electron chi connectivity index (χ3n) is 4.03. The van der Waals surface area contributed by atoms with E-state index in [2.05, 4.69) is 6.92 Å². The molecular formula is C20H21NO2. The second-order valence-electron chi connectivity index (χ2n) is 5.76. The van der Waals surface area contributed by atoms with Crippen molar-refractivity contribution in [2.45, 2.75) is 26.8 Å². The Balaban J connectivity index is 1.92. The summed E-state index contributed by atoms with van der Waals surface area (Å²) in [6.07, 6.45) is 0.915. The number of para-hydroxylation sites is 1. The van der Waals surface area contributed by atoms with Crippen LogP contribution in [0, 0.1) is 6.92 Å². The Morgan fingerprint density at radius 3 is 2.43 bits per heavy atom. The number of furan rings is 1. The molecule has 0 radical (unpaired) electrons. The van der Waals surface area contributed by atoms with Gasteiger partial charge in [0.25, 0.3) is 5.91 Å². The van der Waals surface area contributed by atoms with Gasteiger partial charge in [-0.1, -0.05) is 55.5 Å². The van der Waals surface area contributed by atoms with Crippen molar-refractivity contribution in [1.82, 2.24) is 4.90 Å². The van der Waals surface area contributed by atoms with Gasteiger partial charge in [0, 0.05) is 24.0 Å². The molecule has 0 atom stereocenters. The Labute approximate surface area is 136 Å². The molecule has 0 saturated heterocycles. The van der Waals surface area contributed by atoms with Crippen molar-refractivity contribution in [3.8, 4) is 0 Å². The van der Waals surface area contributed by atoms with Crippen molar-refractivity contribution < 1.29 is 9.21 Å². The number of nitrogens with zero attached hydrogens (tertiary/aromatic N) is 1. The number of fused-ring (bicyclic) bond motifs is 1. The first-order valence-electron chi connectivity index (χ1n) is 8.02. The smallest absolute Gasteiger partial charge is 0.290 e. The van der Waals surface area contributed by atoms with E-state index in [1.165, 1.54) is 0 Å². The lowest BCUT2D eigenvalue weighted by Gasteiger charge is -2.21. The Hall–Kier alpha value is -2.55. The van der Waals surface area contributed by atoms with E-state index in [-0.39, 0.29) is 5.91 Å². The molecular weight excluding hydrogens is 286 g/mol. The van der Waals surface area contributed by atoms with E-state index in [9.17, 15) is 4.79 Å². The summed E-state index contributed by atoms with van der Waals surface area (Å²) in [5, 5.41) is 1.01. The zero-order valence-corrected chi connectivity index (χ0v) is 13.6. The number of amides is 1. The van der Waals surface area contributed by atoms with Gasteiger partial charge in [-0.05, 0) is 25.0 Å². The second kappa shape index (κ2) is 6.69. The van der Waals surface area contributed by atoms with E-state index in [4.69, 9.17) is 4.42 Å². The molecule has 0 aliphatic heterocycles. The number of hydrogen-bond donors (Lipinski definition) is 0. The minimum absolute atomic E-state index is 0.0376. The van der Waals surface area contributed by atoms with Crippen molar-refractivity contribution in [3.05, 3.63) is 71.5 Å². The first-order chi connectivity index (χ1) is 11.2. The standard InChI is InChI=1S/C20H21NO2/c1-3-13-21(14-16-9-5-4-6-10-16)20(22)19-15(2)17-11-7-8-12-18(17)23-19/h4-12H,3,13-14H2,1-2H3. The zero-order chi connectivity index (χ0) is 16.2. The van der Waals surface area contributed by atoms with Gasteiger partial charge in [0.05, 0.1) is 0 Å². The predicted octanol–water partition coefficient (Wildman–Crippen LogP) is 4.79. The summed E-state index contributed by atoms with van der Waals surface area (Å²) in [4.78, 5) is 14.8. The van der Waals surface area contributed by atoms with E-state index < -0.39 is 0 Å². The molecule has 118 valence electrons. The van der Waals surface area contributed by atoms with Gasteiger partial charge in [-0.3, -0.25) is 4.79 Å². The molecule has 0 aliphatic carbocycles. The quantitative estimate of drug-likeness (QED) is 0.679. The summed E-state index contributed by atoms with van der Waals surface area (Å²) < 4.78 is 5.83. The van der Waals surface area contributed by atoms with Crippen molar-refractivity contribution in [1.29, 1.82) is 0 Å². The molecule has 0 N–H and O–H groups in total. The predicted molar refractivity (Wildman–Crippen MR) is 92.4 cm³/mol. The van der Waals surface area contributed by atoms with Gasteiger partial charge in [-0.15, -0.1) is 0 Å². The van der Waals surface area contributed by atoms with E-state index in [0.29, 0.717) is 18.8 Å². The van der Waals surface area contributed by atoms with Gasteiger partial charge in [0.1, 0.15) is 5.58 Å². The first-order valence-corrected chi connectivity index (χ1v) is 8.02. The highest BCUT2D eigenvalue weighted by Crippen LogP contribution is 2.26. The lowest BCUT2D eigenvalue weighted by molar-refractivity contribution is 0.0712. The van der Waals surface area contributed by atoms with Crippen LogP contribution in [0.5, 0.6) is 0 Å². The van der Waals surface area contributed by atoms with Crippen LogP contribution in [0.3, 0.4) is 0 Å². The number of carbonyl (C=O) groups excluding carboxylic acids is 1. The molecule has 3 nitrogen and oxygen atoms in total. The molecule has 2 aromatic carbocycles. The highest BCUT2D eigenvalue weighted by atomic mass is 16.3. The fourth-order valence-corrected chi connectivity index (χ4v) is 2.85. The van der Waals surface area contributed by atoms with Crippen LogP contribution in [0.4, 0.5) is 0 Å². The molecule has 0 saturated carbocycles. The van der Waals surface area contributed by atoms with Crippen molar-refractivity contribution >= 4 is 16.9 Å². The van der Waals surface area contributed by atoms with Crippen molar-refractivity contribution in [2.75, 3.05) is 6.54 Å². The summed E-state index contributed by atoms with van der Waals surface area (Å²) >= 11 is 0. The third kappa shape index (κ3) is 3.14. The summed E-state index contributed by atoms with van der Waals surface area (Å²) in [5.41, 5.74) is 2.81. The van der Waals surface area contributed by atoms with Crippen LogP contribution in [0.25, 0.3) is 11.0 Å². The SMILES string of the molecule is CCCN(Cc1ccccc1)C(=O)c1oc2ccccc2c1C. The van der Waals surface area contributed by atoms with Crippen LogP contribution in [0.2, 0.25) is 0 Å². The van der Waals surface area contributed by atoms with Crippen LogP contribution in [-0.2, 0) is 6.54 Å². The van der Waals surface area contributed by atoms with Crippen molar-refractivity contribution in [3.63, 3.8) is 0 Å². The zero-order valence-electron chi connectivity index (χ0n) is 13.6. The highest BCUT2D eigenvalue weighted by molar-refractivity contribution is 5.98. The molecule has 1 heterocycles. The van der Waals surface area contributed by atoms with Crippen LogP contribution < -0.4 is 0 Å². The van der Waals surface area contributed by atoms with E-state index in [0.717, 1.165) is 28.5 Å². The lowest BCUT2D eigenvalue weighted by atomic mass is 10.1. The molecule has 0 unspecified atom stereocenters. The molecule has 23 heavy (non-hydrogen) atoms. The number of hydrogen-bond acceptors (Lipinski definition) is 2. The number of aryl methyl sites for hydroxylation is 1. The average molecular weight is 307 g/mol. The summed E-state index contributed by atoms with van der Waals surface area (Å²) in [7, 11) is 0. The maximum atomic E-state index is 13.0. The number of rotatable bonds is 5.